The molecule has 1 unspecified atom stereocenters. The molecule has 230 valence electrons. The molecule has 0 aliphatic rings. The van der Waals surface area contributed by atoms with Crippen LogP contribution in [0.2, 0.25) is 36.3 Å². The SMILES string of the molecule is COC(=O)C(=CC[C@H](O[Si](C)(C)C(C)(C)C)C(C)=Cc1csc(C)n1)C(C)CC[C@H](C)CO[Si](C)(C)C(C)(C)C. The molecule has 0 spiro atoms. The average molecular weight is 610 g/mol. The lowest BCUT2D eigenvalue weighted by Gasteiger charge is -2.39. The summed E-state index contributed by atoms with van der Waals surface area (Å²) in [5, 5.41) is 3.41. The summed E-state index contributed by atoms with van der Waals surface area (Å²) in [6.07, 6.45) is 6.58. The third-order valence-corrected chi connectivity index (χ3v) is 18.7. The second-order valence-electron chi connectivity index (χ2n) is 14.6. The van der Waals surface area contributed by atoms with Crippen LogP contribution in [-0.4, -0.2) is 47.4 Å². The second kappa shape index (κ2) is 14.9. The van der Waals surface area contributed by atoms with Crippen molar-refractivity contribution in [2.45, 2.75) is 131 Å². The molecule has 0 N–H and O–H groups in total. The van der Waals surface area contributed by atoms with Crippen molar-refractivity contribution in [1.29, 1.82) is 0 Å². The first-order valence-electron chi connectivity index (χ1n) is 14.8. The van der Waals surface area contributed by atoms with E-state index in [1.807, 2.05) is 6.92 Å². The van der Waals surface area contributed by atoms with Crippen molar-refractivity contribution in [2.24, 2.45) is 11.8 Å². The number of ether oxygens (including phenoxy) is 1. The Bertz CT molecular complexity index is 1010. The standard InChI is InChI=1S/C32H59NO4SSi2/c1-23(21-36-39(12,13)31(5,6)7)16-17-24(2)28(30(34)35-11)18-19-29(37-40(14,15)32(8,9)10)25(3)20-27-22-38-26(4)33-27/h18,20,22-24,29H,16-17,19,21H2,1-15H3/t23-,24?,29-/m0/s1. The minimum Gasteiger partial charge on any atom is -0.466 e. The highest BCUT2D eigenvalue weighted by molar-refractivity contribution is 7.09. The normalized spacial score (nSPS) is 16.6. The molecule has 1 aromatic heterocycles. The van der Waals surface area contributed by atoms with Crippen LogP contribution in [-0.2, 0) is 18.4 Å². The molecule has 0 fully saturated rings. The summed E-state index contributed by atoms with van der Waals surface area (Å²) < 4.78 is 18.6. The van der Waals surface area contributed by atoms with Gasteiger partial charge < -0.3 is 13.6 Å². The van der Waals surface area contributed by atoms with E-state index in [4.69, 9.17) is 13.6 Å². The molecule has 3 atom stereocenters. The van der Waals surface area contributed by atoms with E-state index in [-0.39, 0.29) is 28.1 Å². The quantitative estimate of drug-likeness (QED) is 0.119. The van der Waals surface area contributed by atoms with Crippen LogP contribution >= 0.6 is 11.3 Å². The Hall–Kier alpha value is -1.07. The number of esters is 1. The summed E-state index contributed by atoms with van der Waals surface area (Å²) in [6.45, 7) is 32.0. The van der Waals surface area contributed by atoms with E-state index >= 15 is 0 Å². The van der Waals surface area contributed by atoms with Gasteiger partial charge in [-0.25, -0.2) is 9.78 Å². The van der Waals surface area contributed by atoms with Gasteiger partial charge in [-0.15, -0.1) is 11.3 Å². The highest BCUT2D eigenvalue weighted by Gasteiger charge is 2.39. The van der Waals surface area contributed by atoms with E-state index < -0.39 is 16.6 Å². The molecule has 0 aromatic carbocycles. The zero-order valence-electron chi connectivity index (χ0n) is 28.3. The molecule has 0 radical (unpaired) electrons. The smallest absolute Gasteiger partial charge is 0.333 e. The summed E-state index contributed by atoms with van der Waals surface area (Å²) in [7, 11) is -2.36. The first-order chi connectivity index (χ1) is 18.1. The maximum Gasteiger partial charge on any atom is 0.333 e. The van der Waals surface area contributed by atoms with Gasteiger partial charge in [-0.05, 0) is 92.9 Å². The van der Waals surface area contributed by atoms with E-state index in [0.29, 0.717) is 12.3 Å². The maximum absolute atomic E-state index is 12.9. The number of hydrogen-bond acceptors (Lipinski definition) is 6. The molecule has 1 aromatic rings. The molecule has 0 amide bonds. The van der Waals surface area contributed by atoms with Crippen LogP contribution in [0.15, 0.2) is 22.6 Å². The molecule has 5 nitrogen and oxygen atoms in total. The van der Waals surface area contributed by atoms with Crippen LogP contribution in [0.4, 0.5) is 0 Å². The number of methoxy groups -OCH3 is 1. The fourth-order valence-corrected chi connectivity index (χ4v) is 6.86. The van der Waals surface area contributed by atoms with Gasteiger partial charge in [0, 0.05) is 17.6 Å². The summed E-state index contributed by atoms with van der Waals surface area (Å²) in [4.78, 5) is 17.5. The molecule has 0 saturated carbocycles. The zero-order valence-corrected chi connectivity index (χ0v) is 31.1. The number of hydrogen-bond donors (Lipinski definition) is 0. The lowest BCUT2D eigenvalue weighted by Crippen LogP contribution is -2.44. The molecular weight excluding hydrogens is 551 g/mol. The Kier molecular flexibility index (Phi) is 13.8. The van der Waals surface area contributed by atoms with Crippen molar-refractivity contribution < 1.29 is 18.4 Å². The summed E-state index contributed by atoms with van der Waals surface area (Å²) in [6, 6.07) is 0. The first kappa shape index (κ1) is 37.0. The Morgan fingerprint density at radius 2 is 1.60 bits per heavy atom. The highest BCUT2D eigenvalue weighted by Crippen LogP contribution is 2.39. The van der Waals surface area contributed by atoms with E-state index in [1.165, 1.54) is 7.11 Å². The zero-order chi connectivity index (χ0) is 31.1. The minimum atomic E-state index is -2.06. The second-order valence-corrected chi connectivity index (χ2v) is 25.2. The Labute approximate surface area is 252 Å². The molecular formula is C32H59NO4SSi2. The molecule has 1 rings (SSSR count). The number of aromatic nitrogens is 1. The van der Waals surface area contributed by atoms with Crippen molar-refractivity contribution in [3.8, 4) is 0 Å². The molecule has 0 saturated heterocycles. The Morgan fingerprint density at radius 3 is 2.08 bits per heavy atom. The van der Waals surface area contributed by atoms with Gasteiger partial charge in [0.1, 0.15) is 0 Å². The fourth-order valence-electron chi connectivity index (χ4n) is 3.81. The van der Waals surface area contributed by atoms with Crippen LogP contribution in [0.3, 0.4) is 0 Å². The largest absolute Gasteiger partial charge is 0.466 e. The van der Waals surface area contributed by atoms with Crippen molar-refractivity contribution in [1.82, 2.24) is 4.98 Å². The topological polar surface area (TPSA) is 57.7 Å². The summed E-state index contributed by atoms with van der Waals surface area (Å²) in [5.74, 6) is 0.263. The van der Waals surface area contributed by atoms with E-state index in [0.717, 1.165) is 41.3 Å². The van der Waals surface area contributed by atoms with Crippen LogP contribution in [0.5, 0.6) is 0 Å². The van der Waals surface area contributed by atoms with Gasteiger partial charge in [-0.1, -0.05) is 61.5 Å². The molecule has 0 bridgehead atoms. The predicted molar refractivity (Wildman–Crippen MR) is 178 cm³/mol. The first-order valence-corrected chi connectivity index (χ1v) is 21.5. The van der Waals surface area contributed by atoms with Gasteiger partial charge in [-0.2, -0.15) is 0 Å². The number of thiazole rings is 1. The van der Waals surface area contributed by atoms with E-state index in [2.05, 4.69) is 111 Å². The van der Waals surface area contributed by atoms with Gasteiger partial charge in [0.15, 0.2) is 16.6 Å². The van der Waals surface area contributed by atoms with Gasteiger partial charge in [0.2, 0.25) is 0 Å². The van der Waals surface area contributed by atoms with Gasteiger partial charge in [0.05, 0.1) is 23.9 Å². The number of aryl methyl sites for hydroxylation is 1. The van der Waals surface area contributed by atoms with Crippen molar-refractivity contribution in [3.05, 3.63) is 33.3 Å². The summed E-state index contributed by atoms with van der Waals surface area (Å²) >= 11 is 1.65. The summed E-state index contributed by atoms with van der Waals surface area (Å²) in [5.41, 5.74) is 2.82. The Morgan fingerprint density at radius 1 is 1.02 bits per heavy atom. The Balaban J connectivity index is 3.12. The monoisotopic (exact) mass is 609 g/mol. The fraction of sp³-hybridized carbons (Fsp3) is 0.750. The molecule has 8 heteroatoms. The van der Waals surface area contributed by atoms with Crippen molar-refractivity contribution in [2.75, 3.05) is 13.7 Å². The molecule has 40 heavy (non-hydrogen) atoms. The highest BCUT2D eigenvalue weighted by atomic mass is 32.1. The number of carbonyl (C=O) groups excluding carboxylic acids is 1. The van der Waals surface area contributed by atoms with E-state index in [9.17, 15) is 4.79 Å². The average Bonchev–Trinajstić information content (AvgIpc) is 3.23. The number of nitrogens with zero attached hydrogens (tertiary/aromatic N) is 1. The maximum atomic E-state index is 12.9. The number of carbonyl (C=O) groups is 1. The van der Waals surface area contributed by atoms with Gasteiger partial charge in [-0.3, -0.25) is 0 Å². The van der Waals surface area contributed by atoms with Gasteiger partial charge >= 0.3 is 5.97 Å². The van der Waals surface area contributed by atoms with Crippen LogP contribution in [0, 0.1) is 18.8 Å². The van der Waals surface area contributed by atoms with Crippen LogP contribution in [0.25, 0.3) is 6.08 Å². The third kappa shape index (κ3) is 11.3. The molecule has 0 aliphatic heterocycles. The minimum absolute atomic E-state index is 0.0769. The number of rotatable bonds is 14. The van der Waals surface area contributed by atoms with E-state index in [1.54, 1.807) is 11.3 Å². The van der Waals surface area contributed by atoms with Crippen LogP contribution in [0.1, 0.15) is 92.3 Å². The van der Waals surface area contributed by atoms with Crippen LogP contribution < -0.4 is 0 Å². The van der Waals surface area contributed by atoms with Crippen molar-refractivity contribution >= 4 is 40.0 Å². The van der Waals surface area contributed by atoms with Crippen molar-refractivity contribution in [3.63, 3.8) is 0 Å². The third-order valence-electron chi connectivity index (χ3n) is 8.89. The molecule has 0 aliphatic carbocycles. The lowest BCUT2D eigenvalue weighted by molar-refractivity contribution is -0.136. The lowest BCUT2D eigenvalue weighted by atomic mass is 9.91. The molecule has 1 heterocycles. The predicted octanol–water partition coefficient (Wildman–Crippen LogP) is 9.81. The van der Waals surface area contributed by atoms with Gasteiger partial charge in [0.25, 0.3) is 0 Å².